The van der Waals surface area contributed by atoms with Crippen LogP contribution < -0.4 is 4.72 Å². The first-order chi connectivity index (χ1) is 8.79. The summed E-state index contributed by atoms with van der Waals surface area (Å²) >= 11 is 0. The average molecular weight is 282 g/mol. The van der Waals surface area contributed by atoms with Gasteiger partial charge >= 0.3 is 0 Å². The third kappa shape index (κ3) is 3.55. The minimum absolute atomic E-state index is 0.00410. The van der Waals surface area contributed by atoms with E-state index >= 15 is 0 Å². The van der Waals surface area contributed by atoms with Gasteiger partial charge in [-0.25, -0.2) is 13.1 Å². The molecule has 106 valence electrons. The summed E-state index contributed by atoms with van der Waals surface area (Å²) in [7, 11) is -3.39. The van der Waals surface area contributed by atoms with Crippen molar-refractivity contribution in [3.8, 4) is 0 Å². The normalized spacial score (nSPS) is 21.7. The zero-order valence-electron chi connectivity index (χ0n) is 11.8. The van der Waals surface area contributed by atoms with Crippen LogP contribution in [0.2, 0.25) is 0 Å². The Morgan fingerprint density at radius 1 is 1.21 bits per heavy atom. The van der Waals surface area contributed by atoms with E-state index in [1.54, 1.807) is 24.3 Å². The van der Waals surface area contributed by atoms with Gasteiger partial charge in [0.05, 0.1) is 4.90 Å². The van der Waals surface area contributed by atoms with Crippen LogP contribution in [0.1, 0.15) is 27.2 Å². The van der Waals surface area contributed by atoms with Gasteiger partial charge in [-0.1, -0.05) is 18.2 Å². The summed E-state index contributed by atoms with van der Waals surface area (Å²) < 4.78 is 27.2. The van der Waals surface area contributed by atoms with Gasteiger partial charge in [0.2, 0.25) is 10.0 Å². The standard InChI is InChI=1S/C14H22N2O2S/c1-14(2,3)16-10-9-12(11-16)15-19(17,18)13-7-5-4-6-8-13/h4-8,12,15H,9-11H2,1-3H3. The van der Waals surface area contributed by atoms with Gasteiger partial charge in [-0.15, -0.1) is 0 Å². The van der Waals surface area contributed by atoms with Crippen molar-refractivity contribution in [1.29, 1.82) is 0 Å². The fraction of sp³-hybridized carbons (Fsp3) is 0.571. The predicted molar refractivity (Wildman–Crippen MR) is 76.5 cm³/mol. The number of hydrogen-bond donors (Lipinski definition) is 1. The fourth-order valence-electron chi connectivity index (χ4n) is 2.35. The molecular formula is C14H22N2O2S. The van der Waals surface area contributed by atoms with Crippen molar-refractivity contribution in [2.75, 3.05) is 13.1 Å². The molecule has 1 aliphatic rings. The van der Waals surface area contributed by atoms with E-state index in [0.29, 0.717) is 4.90 Å². The minimum Gasteiger partial charge on any atom is -0.297 e. The lowest BCUT2D eigenvalue weighted by Gasteiger charge is -2.31. The van der Waals surface area contributed by atoms with E-state index in [0.717, 1.165) is 19.5 Å². The Morgan fingerprint density at radius 2 is 1.84 bits per heavy atom. The SMILES string of the molecule is CC(C)(C)N1CCC(NS(=O)(=O)c2ccccc2)C1. The van der Waals surface area contributed by atoms with Crippen LogP contribution in [0.25, 0.3) is 0 Å². The molecule has 0 aliphatic carbocycles. The molecule has 0 amide bonds. The number of rotatable bonds is 3. The van der Waals surface area contributed by atoms with Crippen molar-refractivity contribution in [3.05, 3.63) is 30.3 Å². The van der Waals surface area contributed by atoms with E-state index in [1.165, 1.54) is 0 Å². The molecular weight excluding hydrogens is 260 g/mol. The first kappa shape index (κ1) is 14.5. The Bertz CT molecular complexity index is 520. The van der Waals surface area contributed by atoms with E-state index < -0.39 is 10.0 Å². The Hall–Kier alpha value is -0.910. The molecule has 1 aromatic rings. The van der Waals surface area contributed by atoms with Crippen LogP contribution in [-0.2, 0) is 10.0 Å². The first-order valence-electron chi connectivity index (χ1n) is 6.61. The summed E-state index contributed by atoms with van der Waals surface area (Å²) in [4.78, 5) is 2.65. The van der Waals surface area contributed by atoms with Gasteiger partial charge in [0, 0.05) is 24.7 Å². The van der Waals surface area contributed by atoms with Crippen LogP contribution in [0.4, 0.5) is 0 Å². The highest BCUT2D eigenvalue weighted by molar-refractivity contribution is 7.89. The smallest absolute Gasteiger partial charge is 0.240 e. The molecule has 1 aliphatic heterocycles. The Morgan fingerprint density at radius 3 is 2.37 bits per heavy atom. The molecule has 1 fully saturated rings. The lowest BCUT2D eigenvalue weighted by Crippen LogP contribution is -2.43. The summed E-state index contributed by atoms with van der Waals surface area (Å²) in [5.74, 6) is 0. The van der Waals surface area contributed by atoms with Crippen LogP contribution >= 0.6 is 0 Å². The molecule has 0 radical (unpaired) electrons. The fourth-order valence-corrected chi connectivity index (χ4v) is 3.64. The molecule has 4 nitrogen and oxygen atoms in total. The lowest BCUT2D eigenvalue weighted by atomic mass is 10.1. The molecule has 0 aromatic heterocycles. The van der Waals surface area contributed by atoms with E-state index in [4.69, 9.17) is 0 Å². The number of nitrogens with one attached hydrogen (secondary N) is 1. The molecule has 0 saturated carbocycles. The molecule has 0 bridgehead atoms. The maximum atomic E-state index is 12.2. The van der Waals surface area contributed by atoms with Crippen LogP contribution in [0.15, 0.2) is 35.2 Å². The van der Waals surface area contributed by atoms with Crippen LogP contribution in [0.5, 0.6) is 0 Å². The van der Waals surface area contributed by atoms with Crippen LogP contribution in [-0.4, -0.2) is 38.0 Å². The number of nitrogens with zero attached hydrogens (tertiary/aromatic N) is 1. The van der Waals surface area contributed by atoms with Crippen molar-refractivity contribution < 1.29 is 8.42 Å². The van der Waals surface area contributed by atoms with E-state index in [-0.39, 0.29) is 11.6 Å². The second-order valence-corrected chi connectivity index (χ2v) is 7.75. The topological polar surface area (TPSA) is 49.4 Å². The zero-order chi connectivity index (χ0) is 14.1. The minimum atomic E-state index is -3.39. The molecule has 5 heteroatoms. The summed E-state index contributed by atoms with van der Waals surface area (Å²) in [6, 6.07) is 8.55. The summed E-state index contributed by atoms with van der Waals surface area (Å²) in [5.41, 5.74) is 0.0902. The molecule has 0 spiro atoms. The van der Waals surface area contributed by atoms with Crippen molar-refractivity contribution in [2.24, 2.45) is 0 Å². The second kappa shape index (κ2) is 5.23. The van der Waals surface area contributed by atoms with Crippen molar-refractivity contribution in [2.45, 2.75) is 43.7 Å². The summed E-state index contributed by atoms with van der Waals surface area (Å²) in [5, 5.41) is 0. The molecule has 2 rings (SSSR count). The summed E-state index contributed by atoms with van der Waals surface area (Å²) in [6.45, 7) is 8.17. The highest BCUT2D eigenvalue weighted by atomic mass is 32.2. The molecule has 1 heterocycles. The van der Waals surface area contributed by atoms with E-state index in [9.17, 15) is 8.42 Å². The van der Waals surface area contributed by atoms with Crippen LogP contribution in [0, 0.1) is 0 Å². The number of sulfonamides is 1. The van der Waals surface area contributed by atoms with Gasteiger partial charge < -0.3 is 0 Å². The molecule has 1 atom stereocenters. The quantitative estimate of drug-likeness (QED) is 0.920. The van der Waals surface area contributed by atoms with Crippen molar-refractivity contribution >= 4 is 10.0 Å². The maximum Gasteiger partial charge on any atom is 0.240 e. The monoisotopic (exact) mass is 282 g/mol. The van der Waals surface area contributed by atoms with Crippen LogP contribution in [0.3, 0.4) is 0 Å². The van der Waals surface area contributed by atoms with Gasteiger partial charge in [-0.2, -0.15) is 0 Å². The van der Waals surface area contributed by atoms with Gasteiger partial charge in [-0.3, -0.25) is 4.90 Å². The molecule has 19 heavy (non-hydrogen) atoms. The number of likely N-dealkylation sites (tertiary alicyclic amines) is 1. The Labute approximate surface area is 115 Å². The van der Waals surface area contributed by atoms with Crippen molar-refractivity contribution in [3.63, 3.8) is 0 Å². The Kier molecular flexibility index (Phi) is 3.99. The highest BCUT2D eigenvalue weighted by Crippen LogP contribution is 2.21. The maximum absolute atomic E-state index is 12.2. The van der Waals surface area contributed by atoms with Gasteiger partial charge in [-0.05, 0) is 39.3 Å². The Balaban J connectivity index is 2.04. The zero-order valence-corrected chi connectivity index (χ0v) is 12.6. The predicted octanol–water partition coefficient (Wildman–Crippen LogP) is 1.84. The van der Waals surface area contributed by atoms with Gasteiger partial charge in [0.25, 0.3) is 0 Å². The number of benzene rings is 1. The molecule has 1 N–H and O–H groups in total. The molecule has 1 aromatic carbocycles. The average Bonchev–Trinajstić information content (AvgIpc) is 2.78. The molecule has 1 unspecified atom stereocenters. The summed E-state index contributed by atoms with van der Waals surface area (Å²) in [6.07, 6.45) is 0.864. The van der Waals surface area contributed by atoms with Crippen molar-refractivity contribution in [1.82, 2.24) is 9.62 Å². The third-order valence-electron chi connectivity index (χ3n) is 3.51. The highest BCUT2D eigenvalue weighted by Gasteiger charge is 2.32. The van der Waals surface area contributed by atoms with E-state index in [1.807, 2.05) is 6.07 Å². The molecule has 1 saturated heterocycles. The largest absolute Gasteiger partial charge is 0.297 e. The first-order valence-corrected chi connectivity index (χ1v) is 8.10. The van der Waals surface area contributed by atoms with Gasteiger partial charge in [0.15, 0.2) is 0 Å². The lowest BCUT2D eigenvalue weighted by molar-refractivity contribution is 0.172. The number of hydrogen-bond acceptors (Lipinski definition) is 3. The second-order valence-electron chi connectivity index (χ2n) is 6.04. The van der Waals surface area contributed by atoms with E-state index in [2.05, 4.69) is 30.4 Å². The third-order valence-corrected chi connectivity index (χ3v) is 5.05. The van der Waals surface area contributed by atoms with Gasteiger partial charge in [0.1, 0.15) is 0 Å².